The average Bonchev–Trinajstić information content (AvgIpc) is 3.45. The average molecular weight is 497 g/mol. The van der Waals surface area contributed by atoms with E-state index in [1.807, 2.05) is 57.2 Å². The van der Waals surface area contributed by atoms with Crippen molar-refractivity contribution in [3.05, 3.63) is 36.4 Å². The summed E-state index contributed by atoms with van der Waals surface area (Å²) < 4.78 is 1.60. The number of allylic oxidation sites excluding steroid dienone is 1. The number of aliphatic hydroxyl groups excluding tert-OH is 1. The number of nitrogens with one attached hydrogen (secondary N) is 2. The number of para-hydroxylation sites is 1. The molecule has 4 rings (SSSR count). The lowest BCUT2D eigenvalue weighted by Gasteiger charge is -2.36. The van der Waals surface area contributed by atoms with Crippen LogP contribution in [0.4, 0.5) is 0 Å². The molecule has 194 valence electrons. The van der Waals surface area contributed by atoms with Crippen LogP contribution in [0.15, 0.2) is 36.4 Å². The lowest BCUT2D eigenvalue weighted by atomic mass is 9.69. The number of nitrogens with zero attached hydrogens (tertiary/aromatic N) is 4. The minimum Gasteiger partial charge on any atom is -0.394 e. The maximum atomic E-state index is 14.0. The molecule has 0 spiro atoms. The lowest BCUT2D eigenvalue weighted by Crippen LogP contribution is -2.54. The van der Waals surface area contributed by atoms with Gasteiger partial charge in [-0.15, -0.1) is 5.10 Å². The van der Waals surface area contributed by atoms with Crippen molar-refractivity contribution < 1.29 is 19.5 Å². The van der Waals surface area contributed by atoms with E-state index in [1.165, 1.54) is 0 Å². The maximum Gasteiger partial charge on any atom is 0.244 e. The van der Waals surface area contributed by atoms with Gasteiger partial charge >= 0.3 is 0 Å². The van der Waals surface area contributed by atoms with Crippen molar-refractivity contribution in [2.24, 2.45) is 29.6 Å². The van der Waals surface area contributed by atoms with Gasteiger partial charge in [-0.05, 0) is 30.4 Å². The van der Waals surface area contributed by atoms with Crippen LogP contribution in [0.3, 0.4) is 0 Å². The first kappa shape index (κ1) is 25.8. The largest absolute Gasteiger partial charge is 0.394 e. The van der Waals surface area contributed by atoms with E-state index in [2.05, 4.69) is 20.9 Å². The van der Waals surface area contributed by atoms with Crippen LogP contribution in [0, 0.1) is 29.6 Å². The van der Waals surface area contributed by atoms with Gasteiger partial charge in [-0.3, -0.25) is 14.4 Å². The molecule has 3 amide bonds. The first-order valence-electron chi connectivity index (χ1n) is 12.8. The van der Waals surface area contributed by atoms with Crippen molar-refractivity contribution in [3.8, 4) is 0 Å². The highest BCUT2D eigenvalue weighted by atomic mass is 16.3. The number of amides is 3. The number of likely N-dealkylation sites (tertiary alicyclic amines) is 1. The van der Waals surface area contributed by atoms with Crippen molar-refractivity contribution in [3.63, 3.8) is 0 Å². The summed E-state index contributed by atoms with van der Waals surface area (Å²) in [5.41, 5.74) is 1.50. The Hall–Kier alpha value is -3.27. The van der Waals surface area contributed by atoms with E-state index >= 15 is 0 Å². The molecule has 1 aromatic carbocycles. The van der Waals surface area contributed by atoms with E-state index < -0.39 is 29.8 Å². The first-order chi connectivity index (χ1) is 17.4. The zero-order valence-electron chi connectivity index (χ0n) is 21.3. The van der Waals surface area contributed by atoms with Gasteiger partial charge in [0.2, 0.25) is 17.7 Å². The van der Waals surface area contributed by atoms with E-state index in [4.69, 9.17) is 0 Å². The highest BCUT2D eigenvalue weighted by molar-refractivity contribution is 5.97. The van der Waals surface area contributed by atoms with Crippen LogP contribution in [-0.2, 0) is 21.1 Å². The number of benzene rings is 1. The highest BCUT2D eigenvalue weighted by Gasteiger charge is 2.58. The smallest absolute Gasteiger partial charge is 0.244 e. The molecule has 10 heteroatoms. The van der Waals surface area contributed by atoms with Crippen molar-refractivity contribution in [2.45, 2.75) is 52.4 Å². The molecule has 0 unspecified atom stereocenters. The second-order valence-electron chi connectivity index (χ2n) is 9.80. The Morgan fingerprint density at radius 1 is 1.17 bits per heavy atom. The Bertz CT molecular complexity index is 1150. The summed E-state index contributed by atoms with van der Waals surface area (Å²) in [6, 6.07) is 6.08. The molecule has 36 heavy (non-hydrogen) atoms. The summed E-state index contributed by atoms with van der Waals surface area (Å²) >= 11 is 0. The van der Waals surface area contributed by atoms with Crippen molar-refractivity contribution in [1.29, 1.82) is 0 Å². The van der Waals surface area contributed by atoms with E-state index in [0.29, 0.717) is 6.42 Å². The highest BCUT2D eigenvalue weighted by Crippen LogP contribution is 2.46. The number of hydrogen-bond donors (Lipinski definition) is 3. The standard InChI is InChI=1S/C26H36N6O4/c1-5-15(3)20(13-33)32-23(25(35)28-14-31-19-10-8-7-9-18(19)29-30-31)17-12-11-16(6-2)21(24(34)27-4)22(17)26(32)36/h7-12,15-17,20-23,33H,5-6,13-14H2,1-4H3,(H,27,34)(H,28,35)/t15-,16+,17-,20-,21+,22-,23-/m0/s1. The van der Waals surface area contributed by atoms with Gasteiger partial charge in [-0.25, -0.2) is 4.68 Å². The molecule has 10 nitrogen and oxygen atoms in total. The number of hydrogen-bond acceptors (Lipinski definition) is 6. The number of aliphatic hydroxyl groups is 1. The summed E-state index contributed by atoms with van der Waals surface area (Å²) in [6.45, 7) is 5.77. The first-order valence-corrected chi connectivity index (χ1v) is 12.8. The van der Waals surface area contributed by atoms with E-state index in [1.54, 1.807) is 16.6 Å². The van der Waals surface area contributed by atoms with Gasteiger partial charge in [-0.2, -0.15) is 0 Å². The van der Waals surface area contributed by atoms with Gasteiger partial charge in [0.25, 0.3) is 0 Å². The number of fused-ring (bicyclic) bond motifs is 2. The Labute approximate surface area is 211 Å². The molecule has 2 aliphatic rings. The third-order valence-electron chi connectivity index (χ3n) is 8.00. The fourth-order valence-electron chi connectivity index (χ4n) is 5.82. The molecule has 0 saturated carbocycles. The van der Waals surface area contributed by atoms with Gasteiger partial charge in [0, 0.05) is 13.0 Å². The Morgan fingerprint density at radius 2 is 1.92 bits per heavy atom. The summed E-state index contributed by atoms with van der Waals surface area (Å²) in [6.07, 6.45) is 5.34. The quantitative estimate of drug-likeness (QED) is 0.449. The van der Waals surface area contributed by atoms with Crippen LogP contribution in [0.5, 0.6) is 0 Å². The summed E-state index contributed by atoms with van der Waals surface area (Å²) in [5.74, 6) is -2.63. The van der Waals surface area contributed by atoms with Gasteiger partial charge < -0.3 is 20.6 Å². The predicted molar refractivity (Wildman–Crippen MR) is 134 cm³/mol. The van der Waals surface area contributed by atoms with Crippen molar-refractivity contribution in [1.82, 2.24) is 30.5 Å². The van der Waals surface area contributed by atoms with Crippen molar-refractivity contribution in [2.75, 3.05) is 13.7 Å². The van der Waals surface area contributed by atoms with E-state index in [9.17, 15) is 19.5 Å². The summed E-state index contributed by atoms with van der Waals surface area (Å²) in [4.78, 5) is 42.2. The lowest BCUT2D eigenvalue weighted by molar-refractivity contribution is -0.144. The molecule has 1 aliphatic carbocycles. The number of carbonyl (C=O) groups is 3. The Balaban J connectivity index is 1.69. The third-order valence-corrected chi connectivity index (χ3v) is 8.00. The Morgan fingerprint density at radius 3 is 2.58 bits per heavy atom. The van der Waals surface area contributed by atoms with Gasteiger partial charge in [-0.1, -0.05) is 56.7 Å². The number of rotatable bonds is 9. The molecule has 2 aromatic rings. The monoisotopic (exact) mass is 496 g/mol. The molecule has 0 radical (unpaired) electrons. The number of aromatic nitrogens is 3. The van der Waals surface area contributed by atoms with Gasteiger partial charge in [0.15, 0.2) is 0 Å². The normalized spacial score (nSPS) is 27.1. The van der Waals surface area contributed by atoms with Crippen LogP contribution in [0.1, 0.15) is 33.6 Å². The fourth-order valence-corrected chi connectivity index (χ4v) is 5.82. The second kappa shape index (κ2) is 10.8. The molecule has 1 saturated heterocycles. The van der Waals surface area contributed by atoms with Crippen LogP contribution in [0.25, 0.3) is 11.0 Å². The van der Waals surface area contributed by atoms with Crippen LogP contribution in [-0.4, -0.2) is 68.5 Å². The van der Waals surface area contributed by atoms with Gasteiger partial charge in [0.1, 0.15) is 18.2 Å². The van der Waals surface area contributed by atoms with Crippen LogP contribution in [0.2, 0.25) is 0 Å². The summed E-state index contributed by atoms with van der Waals surface area (Å²) in [5, 5.41) is 24.2. The summed E-state index contributed by atoms with van der Waals surface area (Å²) in [7, 11) is 1.57. The molecule has 0 bridgehead atoms. The SMILES string of the molecule is CC[C@H](C)[C@H](CO)N1C(=O)[C@H]2[C@H](C=C[C@@H](CC)[C@H]2C(=O)NC)[C@H]1C(=O)NCn1nnc2ccccc21. The van der Waals surface area contributed by atoms with Gasteiger partial charge in [0.05, 0.1) is 30.0 Å². The third kappa shape index (κ3) is 4.38. The fraction of sp³-hybridized carbons (Fsp3) is 0.577. The van der Waals surface area contributed by atoms with E-state index in [-0.39, 0.29) is 42.8 Å². The minimum atomic E-state index is -0.843. The molecular formula is C26H36N6O4. The molecule has 1 aromatic heterocycles. The topological polar surface area (TPSA) is 129 Å². The molecule has 3 N–H and O–H groups in total. The Kier molecular flexibility index (Phi) is 7.73. The second-order valence-corrected chi connectivity index (χ2v) is 9.80. The minimum absolute atomic E-state index is 0.0296. The molecule has 1 fully saturated rings. The molecule has 1 aliphatic heterocycles. The molecular weight excluding hydrogens is 460 g/mol. The van der Waals surface area contributed by atoms with Crippen LogP contribution < -0.4 is 10.6 Å². The maximum absolute atomic E-state index is 14.0. The zero-order valence-corrected chi connectivity index (χ0v) is 21.3. The molecule has 2 heterocycles. The zero-order chi connectivity index (χ0) is 26.0. The predicted octanol–water partition coefficient (Wildman–Crippen LogP) is 1.31. The molecule has 7 atom stereocenters. The number of carbonyl (C=O) groups excluding carboxylic acids is 3. The van der Waals surface area contributed by atoms with E-state index in [0.717, 1.165) is 17.5 Å². The van der Waals surface area contributed by atoms with Crippen molar-refractivity contribution >= 4 is 28.8 Å². The van der Waals surface area contributed by atoms with Crippen LogP contribution >= 0.6 is 0 Å².